The molecule has 2 fully saturated rings. The maximum Gasteiger partial charge on any atom is 0.252 e. The highest BCUT2D eigenvalue weighted by Crippen LogP contribution is 2.39. The lowest BCUT2D eigenvalue weighted by Gasteiger charge is -2.52. The quantitative estimate of drug-likeness (QED) is 0.846. The molecule has 0 spiro atoms. The van der Waals surface area contributed by atoms with Gasteiger partial charge in [0.15, 0.2) is 5.82 Å². The third-order valence-corrected chi connectivity index (χ3v) is 5.83. The highest BCUT2D eigenvalue weighted by atomic mass is 16.5. The van der Waals surface area contributed by atoms with E-state index >= 15 is 0 Å². The number of aliphatic hydroxyl groups is 1. The highest BCUT2D eigenvalue weighted by Gasteiger charge is 2.48. The van der Waals surface area contributed by atoms with Crippen LogP contribution in [-0.2, 0) is 11.3 Å². The first-order valence-corrected chi connectivity index (χ1v) is 9.36. The van der Waals surface area contributed by atoms with Gasteiger partial charge < -0.3 is 9.84 Å². The summed E-state index contributed by atoms with van der Waals surface area (Å²) in [7, 11) is 0. The fraction of sp³-hybridized carbons (Fsp3) is 0.722. The van der Waals surface area contributed by atoms with E-state index in [1.807, 2.05) is 12.3 Å². The minimum absolute atomic E-state index is 0.207. The Labute approximate surface area is 153 Å². The van der Waals surface area contributed by atoms with Crippen molar-refractivity contribution in [1.82, 2.24) is 29.4 Å². The Kier molecular flexibility index (Phi) is 4.68. The molecule has 8 heteroatoms. The van der Waals surface area contributed by atoms with Crippen molar-refractivity contribution >= 4 is 5.78 Å². The number of piperidine rings is 1. The van der Waals surface area contributed by atoms with Gasteiger partial charge in [-0.1, -0.05) is 13.8 Å². The highest BCUT2D eigenvalue weighted by molar-refractivity contribution is 5.24. The van der Waals surface area contributed by atoms with Crippen LogP contribution in [0.15, 0.2) is 18.5 Å². The summed E-state index contributed by atoms with van der Waals surface area (Å²) in [6, 6.07) is 1.85. The second-order valence-corrected chi connectivity index (χ2v) is 8.16. The first kappa shape index (κ1) is 17.8. The van der Waals surface area contributed by atoms with E-state index in [-0.39, 0.29) is 5.41 Å². The summed E-state index contributed by atoms with van der Waals surface area (Å²) >= 11 is 0. The number of hydrogen-bond donors (Lipinski definition) is 1. The molecule has 4 heterocycles. The van der Waals surface area contributed by atoms with E-state index < -0.39 is 5.60 Å². The van der Waals surface area contributed by atoms with Crippen LogP contribution >= 0.6 is 0 Å². The standard InChI is InChI=1S/C18H28N6O2/c1-17(2)13-23(12-15-20-16-19-5-3-6-24(16)21-15)7-4-18(17,25)14-22-8-10-26-11-9-22/h3,5-6,25H,4,7-14H2,1-2H3/t18-/m1/s1. The zero-order valence-electron chi connectivity index (χ0n) is 15.6. The van der Waals surface area contributed by atoms with Gasteiger partial charge in [0.05, 0.1) is 25.4 Å². The van der Waals surface area contributed by atoms with E-state index in [0.29, 0.717) is 18.9 Å². The summed E-state index contributed by atoms with van der Waals surface area (Å²) in [6.45, 7) is 10.7. The molecule has 8 nitrogen and oxygen atoms in total. The molecule has 142 valence electrons. The molecule has 0 saturated carbocycles. The van der Waals surface area contributed by atoms with Gasteiger partial charge in [0.2, 0.25) is 0 Å². The number of fused-ring (bicyclic) bond motifs is 1. The molecule has 2 saturated heterocycles. The zero-order valence-corrected chi connectivity index (χ0v) is 15.6. The Morgan fingerprint density at radius 2 is 2.00 bits per heavy atom. The van der Waals surface area contributed by atoms with Crippen molar-refractivity contribution in [1.29, 1.82) is 0 Å². The molecule has 0 amide bonds. The molecule has 2 aliphatic rings. The van der Waals surface area contributed by atoms with Crippen molar-refractivity contribution in [2.75, 3.05) is 45.9 Å². The zero-order chi connectivity index (χ0) is 18.2. The van der Waals surface area contributed by atoms with Gasteiger partial charge in [-0.2, -0.15) is 4.98 Å². The maximum absolute atomic E-state index is 11.4. The van der Waals surface area contributed by atoms with Crippen LogP contribution in [0.4, 0.5) is 0 Å². The van der Waals surface area contributed by atoms with Crippen LogP contribution in [-0.4, -0.2) is 86.0 Å². The fourth-order valence-electron chi connectivity index (χ4n) is 4.07. The summed E-state index contributed by atoms with van der Waals surface area (Å²) in [5, 5.41) is 15.9. The SMILES string of the molecule is CC1(C)CN(Cc2nc3ncccn3n2)CC[C@@]1(O)CN1CCOCC1. The van der Waals surface area contributed by atoms with Gasteiger partial charge in [0.1, 0.15) is 0 Å². The molecule has 0 bridgehead atoms. The number of morpholine rings is 1. The fourth-order valence-corrected chi connectivity index (χ4v) is 4.07. The van der Waals surface area contributed by atoms with E-state index in [2.05, 4.69) is 38.7 Å². The molecule has 0 aromatic carbocycles. The molecule has 1 atom stereocenters. The van der Waals surface area contributed by atoms with Crippen LogP contribution in [0.1, 0.15) is 26.1 Å². The summed E-state index contributed by atoms with van der Waals surface area (Å²) in [4.78, 5) is 13.4. The van der Waals surface area contributed by atoms with Crippen LogP contribution in [0.5, 0.6) is 0 Å². The molecule has 0 unspecified atom stereocenters. The number of β-amino-alcohol motifs (C(OH)–C–C–N with tert-alkyl or cyclic N) is 1. The minimum atomic E-state index is -0.686. The van der Waals surface area contributed by atoms with Crippen molar-refractivity contribution in [3.05, 3.63) is 24.3 Å². The predicted molar refractivity (Wildman–Crippen MR) is 96.7 cm³/mol. The second kappa shape index (κ2) is 6.84. The predicted octanol–water partition coefficient (Wildman–Crippen LogP) is 0.420. The number of nitrogens with zero attached hydrogens (tertiary/aromatic N) is 6. The van der Waals surface area contributed by atoms with E-state index in [9.17, 15) is 5.11 Å². The lowest BCUT2D eigenvalue weighted by atomic mass is 9.69. The number of likely N-dealkylation sites (tertiary alicyclic amines) is 1. The molecule has 2 aliphatic heterocycles. The second-order valence-electron chi connectivity index (χ2n) is 8.16. The van der Waals surface area contributed by atoms with Crippen LogP contribution in [0.25, 0.3) is 5.78 Å². The van der Waals surface area contributed by atoms with Gasteiger partial charge in [-0.3, -0.25) is 9.80 Å². The van der Waals surface area contributed by atoms with Crippen molar-refractivity contribution in [3.63, 3.8) is 0 Å². The number of hydrogen-bond acceptors (Lipinski definition) is 7. The van der Waals surface area contributed by atoms with Gasteiger partial charge in [-0.25, -0.2) is 9.50 Å². The molecule has 2 aromatic heterocycles. The third-order valence-electron chi connectivity index (χ3n) is 5.83. The molecule has 26 heavy (non-hydrogen) atoms. The maximum atomic E-state index is 11.4. The van der Waals surface area contributed by atoms with Gasteiger partial charge in [0.25, 0.3) is 5.78 Å². The van der Waals surface area contributed by atoms with Gasteiger partial charge in [0, 0.05) is 50.5 Å². The van der Waals surface area contributed by atoms with E-state index in [4.69, 9.17) is 4.74 Å². The summed E-state index contributed by atoms with van der Waals surface area (Å²) in [5.41, 5.74) is -0.893. The largest absolute Gasteiger partial charge is 0.388 e. The van der Waals surface area contributed by atoms with E-state index in [0.717, 1.165) is 51.6 Å². The van der Waals surface area contributed by atoms with Crippen LogP contribution in [0.3, 0.4) is 0 Å². The number of rotatable bonds is 4. The Morgan fingerprint density at radius 3 is 2.73 bits per heavy atom. The first-order valence-electron chi connectivity index (χ1n) is 9.36. The Hall–Kier alpha value is -1.61. The van der Waals surface area contributed by atoms with Gasteiger partial charge in [-0.15, -0.1) is 5.10 Å². The minimum Gasteiger partial charge on any atom is -0.388 e. The molecular formula is C18H28N6O2. The number of aromatic nitrogens is 4. The molecule has 2 aromatic rings. The Balaban J connectivity index is 1.42. The van der Waals surface area contributed by atoms with Crippen molar-refractivity contribution in [2.24, 2.45) is 5.41 Å². The lowest BCUT2D eigenvalue weighted by molar-refractivity contribution is -0.141. The normalized spacial score (nSPS) is 27.8. The van der Waals surface area contributed by atoms with Crippen molar-refractivity contribution < 1.29 is 9.84 Å². The molecular weight excluding hydrogens is 332 g/mol. The van der Waals surface area contributed by atoms with Crippen molar-refractivity contribution in [3.8, 4) is 0 Å². The Bertz CT molecular complexity index is 724. The number of ether oxygens (including phenoxy) is 1. The summed E-state index contributed by atoms with van der Waals surface area (Å²) < 4.78 is 7.14. The van der Waals surface area contributed by atoms with Gasteiger partial charge >= 0.3 is 0 Å². The third kappa shape index (κ3) is 3.46. The smallest absolute Gasteiger partial charge is 0.252 e. The van der Waals surface area contributed by atoms with Gasteiger partial charge in [-0.05, 0) is 12.5 Å². The van der Waals surface area contributed by atoms with Crippen molar-refractivity contribution in [2.45, 2.75) is 32.4 Å². The van der Waals surface area contributed by atoms with Crippen LogP contribution < -0.4 is 0 Å². The molecule has 1 N–H and O–H groups in total. The van der Waals surface area contributed by atoms with E-state index in [1.54, 1.807) is 10.7 Å². The first-order chi connectivity index (χ1) is 12.5. The Morgan fingerprint density at radius 1 is 1.19 bits per heavy atom. The monoisotopic (exact) mass is 360 g/mol. The molecule has 4 rings (SSSR count). The summed E-state index contributed by atoms with van der Waals surface area (Å²) in [6.07, 6.45) is 4.34. The average molecular weight is 360 g/mol. The lowest BCUT2D eigenvalue weighted by Crippen LogP contribution is -2.62. The van der Waals surface area contributed by atoms with Crippen LogP contribution in [0.2, 0.25) is 0 Å². The average Bonchev–Trinajstić information content (AvgIpc) is 3.01. The molecule has 0 aliphatic carbocycles. The van der Waals surface area contributed by atoms with E-state index in [1.165, 1.54) is 0 Å². The summed E-state index contributed by atoms with van der Waals surface area (Å²) in [5.74, 6) is 1.40. The molecule has 0 radical (unpaired) electrons. The van der Waals surface area contributed by atoms with Crippen LogP contribution in [0, 0.1) is 5.41 Å². The topological polar surface area (TPSA) is 79.0 Å².